The molecule has 0 radical (unpaired) electrons. The van der Waals surface area contributed by atoms with Crippen LogP contribution < -0.4 is 0 Å². The molecule has 2 nitrogen and oxygen atoms in total. The van der Waals surface area contributed by atoms with Crippen LogP contribution in [0.5, 0.6) is 0 Å². The van der Waals surface area contributed by atoms with Crippen LogP contribution in [0.3, 0.4) is 0 Å². The molecule has 0 aliphatic rings. The first-order chi connectivity index (χ1) is 3.81. The van der Waals surface area contributed by atoms with Crippen molar-refractivity contribution in [3.8, 4) is 0 Å². The fraction of sp³-hybridized carbons (Fsp3) is 0.400. The van der Waals surface area contributed by atoms with E-state index in [1.807, 2.05) is 0 Å². The molecule has 0 N–H and O–H groups in total. The summed E-state index contributed by atoms with van der Waals surface area (Å²) in [6, 6.07) is 0. The van der Waals surface area contributed by atoms with Crippen molar-refractivity contribution in [1.29, 1.82) is 0 Å². The molecule has 0 aromatic carbocycles. The van der Waals surface area contributed by atoms with Crippen LogP contribution in [0.2, 0.25) is 0 Å². The molecule has 0 aromatic rings. The van der Waals surface area contributed by atoms with Crippen LogP contribution in [0.15, 0.2) is 12.8 Å². The molecule has 0 saturated heterocycles. The van der Waals surface area contributed by atoms with E-state index in [1.54, 1.807) is 6.26 Å². The maximum absolute atomic E-state index is 10.4. The Morgan fingerprint density at radius 1 is 2.00 bits per heavy atom. The van der Waals surface area contributed by atoms with Crippen molar-refractivity contribution >= 4 is 16.9 Å². The number of ether oxygens (including phenoxy) is 1. The van der Waals surface area contributed by atoms with E-state index in [-0.39, 0.29) is 11.7 Å². The fourth-order valence-corrected chi connectivity index (χ4v) is 0.372. The second kappa shape index (κ2) is 4.71. The van der Waals surface area contributed by atoms with Crippen molar-refractivity contribution in [3.63, 3.8) is 0 Å². The molecule has 0 aromatic heterocycles. The van der Waals surface area contributed by atoms with Gasteiger partial charge in [-0.05, 0) is 6.26 Å². The highest BCUT2D eigenvalue weighted by molar-refractivity contribution is 8.13. The summed E-state index contributed by atoms with van der Waals surface area (Å²) in [7, 11) is 0. The Hall–Kier alpha value is -0.440. The van der Waals surface area contributed by atoms with E-state index in [0.29, 0.717) is 0 Å². The van der Waals surface area contributed by atoms with E-state index in [9.17, 15) is 4.79 Å². The van der Waals surface area contributed by atoms with Gasteiger partial charge in [-0.3, -0.25) is 4.79 Å². The van der Waals surface area contributed by atoms with Gasteiger partial charge >= 0.3 is 0 Å². The highest BCUT2D eigenvalue weighted by atomic mass is 32.2. The lowest BCUT2D eigenvalue weighted by molar-refractivity contribution is -0.113. The summed E-state index contributed by atoms with van der Waals surface area (Å²) in [5.41, 5.74) is 0. The van der Waals surface area contributed by atoms with Crippen LogP contribution in [-0.4, -0.2) is 18.0 Å². The minimum Gasteiger partial charge on any atom is -0.493 e. The molecular weight excluding hydrogens is 124 g/mol. The zero-order valence-corrected chi connectivity index (χ0v) is 5.53. The van der Waals surface area contributed by atoms with E-state index in [2.05, 4.69) is 11.3 Å². The van der Waals surface area contributed by atoms with Gasteiger partial charge in [0.2, 0.25) is 5.12 Å². The first-order valence-electron chi connectivity index (χ1n) is 2.10. The van der Waals surface area contributed by atoms with Crippen LogP contribution in [0.25, 0.3) is 0 Å². The van der Waals surface area contributed by atoms with Crippen molar-refractivity contribution in [1.82, 2.24) is 0 Å². The molecule has 3 heteroatoms. The quantitative estimate of drug-likeness (QED) is 0.536. The zero-order chi connectivity index (χ0) is 6.41. The molecule has 0 saturated carbocycles. The number of carbonyl (C=O) groups is 1. The van der Waals surface area contributed by atoms with E-state index in [4.69, 9.17) is 0 Å². The minimum absolute atomic E-state index is 0.0184. The molecule has 0 bridgehead atoms. The summed E-state index contributed by atoms with van der Waals surface area (Å²) in [5.74, 6) is 0. The Kier molecular flexibility index (Phi) is 4.45. The molecule has 0 atom stereocenters. The number of hydrogen-bond donors (Lipinski definition) is 0. The van der Waals surface area contributed by atoms with Gasteiger partial charge in [-0.15, -0.1) is 0 Å². The topological polar surface area (TPSA) is 26.3 Å². The molecule has 0 spiro atoms. The normalized spacial score (nSPS) is 8.12. The Balaban J connectivity index is 3.11. The number of rotatable bonds is 3. The highest BCUT2D eigenvalue weighted by Crippen LogP contribution is 1.93. The molecule has 0 unspecified atom stereocenters. The summed E-state index contributed by atoms with van der Waals surface area (Å²) < 4.78 is 4.58. The number of carbonyl (C=O) groups excluding carboxylic acids is 1. The lowest BCUT2D eigenvalue weighted by atomic mass is 10.8. The van der Waals surface area contributed by atoms with Gasteiger partial charge in [0.1, 0.15) is 0 Å². The number of hydrogen-bond acceptors (Lipinski definition) is 3. The molecule has 0 amide bonds. The van der Waals surface area contributed by atoms with E-state index in [0.717, 1.165) is 11.8 Å². The molecule has 0 aliphatic carbocycles. The van der Waals surface area contributed by atoms with Crippen LogP contribution in [0.4, 0.5) is 0 Å². The van der Waals surface area contributed by atoms with Crippen LogP contribution in [0.1, 0.15) is 0 Å². The lowest BCUT2D eigenvalue weighted by Crippen LogP contribution is -1.98. The monoisotopic (exact) mass is 132 g/mol. The Labute approximate surface area is 52.9 Å². The van der Waals surface area contributed by atoms with Gasteiger partial charge in [-0.25, -0.2) is 0 Å². The van der Waals surface area contributed by atoms with Crippen LogP contribution in [0, 0.1) is 0 Å². The van der Waals surface area contributed by atoms with Crippen LogP contribution >= 0.6 is 11.8 Å². The first kappa shape index (κ1) is 7.56. The van der Waals surface area contributed by atoms with Gasteiger partial charge in [-0.2, -0.15) is 0 Å². The predicted octanol–water partition coefficient (Wildman–Crippen LogP) is 1.04. The summed E-state index contributed by atoms with van der Waals surface area (Å²) >= 11 is 1.15. The summed E-state index contributed by atoms with van der Waals surface area (Å²) in [6.07, 6.45) is 2.98. The molecule has 8 heavy (non-hydrogen) atoms. The molecule has 46 valence electrons. The maximum Gasteiger partial charge on any atom is 0.226 e. The second-order valence-corrected chi connectivity index (χ2v) is 1.92. The second-order valence-electron chi connectivity index (χ2n) is 1.05. The molecule has 0 heterocycles. The van der Waals surface area contributed by atoms with Crippen molar-refractivity contribution in [3.05, 3.63) is 12.8 Å². The fourth-order valence-electron chi connectivity index (χ4n) is 0.186. The van der Waals surface area contributed by atoms with Gasteiger partial charge in [0.05, 0.1) is 6.26 Å². The van der Waals surface area contributed by atoms with Crippen molar-refractivity contribution in [2.75, 3.05) is 12.9 Å². The third-order valence-electron chi connectivity index (χ3n) is 0.547. The molecule has 0 fully saturated rings. The highest BCUT2D eigenvalue weighted by Gasteiger charge is 1.94. The maximum atomic E-state index is 10.4. The summed E-state index contributed by atoms with van der Waals surface area (Å²) in [6.45, 7) is 3.41. The Morgan fingerprint density at radius 3 is 3.00 bits per heavy atom. The molecular formula is C5H8O2S. The van der Waals surface area contributed by atoms with Crippen molar-refractivity contribution < 1.29 is 9.53 Å². The average Bonchev–Trinajstić information content (AvgIpc) is 1.83. The van der Waals surface area contributed by atoms with Gasteiger partial charge in [0.25, 0.3) is 0 Å². The zero-order valence-electron chi connectivity index (χ0n) is 4.72. The lowest BCUT2D eigenvalue weighted by Gasteiger charge is -1.93. The predicted molar refractivity (Wildman–Crippen MR) is 34.7 cm³/mol. The largest absolute Gasteiger partial charge is 0.493 e. The summed E-state index contributed by atoms with van der Waals surface area (Å²) in [4.78, 5) is 10.4. The summed E-state index contributed by atoms with van der Waals surface area (Å²) in [5, 5.41) is 0.0184. The minimum atomic E-state index is 0.0184. The molecule has 0 aliphatic heterocycles. The third-order valence-corrected chi connectivity index (χ3v) is 1.12. The average molecular weight is 132 g/mol. The van der Waals surface area contributed by atoms with Crippen molar-refractivity contribution in [2.45, 2.75) is 0 Å². The molecule has 0 rings (SSSR count). The Bertz CT molecular complexity index is 90.4. The number of thioether (sulfide) groups is 1. The van der Waals surface area contributed by atoms with E-state index < -0.39 is 0 Å². The Morgan fingerprint density at radius 2 is 2.62 bits per heavy atom. The van der Waals surface area contributed by atoms with Gasteiger partial charge in [-0.1, -0.05) is 18.3 Å². The van der Waals surface area contributed by atoms with Crippen molar-refractivity contribution in [2.24, 2.45) is 0 Å². The van der Waals surface area contributed by atoms with Gasteiger partial charge in [0.15, 0.2) is 6.61 Å². The van der Waals surface area contributed by atoms with Gasteiger partial charge < -0.3 is 4.74 Å². The first-order valence-corrected chi connectivity index (χ1v) is 3.33. The van der Waals surface area contributed by atoms with E-state index >= 15 is 0 Å². The third kappa shape index (κ3) is 3.74. The van der Waals surface area contributed by atoms with Crippen LogP contribution in [-0.2, 0) is 9.53 Å². The van der Waals surface area contributed by atoms with E-state index in [1.165, 1.54) is 6.26 Å². The standard InChI is InChI=1S/C5H8O2S/c1-3-7-4-5(6)8-2/h3H,1,4H2,2H3. The van der Waals surface area contributed by atoms with Gasteiger partial charge in [0, 0.05) is 0 Å². The smallest absolute Gasteiger partial charge is 0.226 e. The SMILES string of the molecule is C=COCC(=O)SC.